The lowest BCUT2D eigenvalue weighted by Gasteiger charge is -2.16. The second-order valence-electron chi connectivity index (χ2n) is 4.85. The van der Waals surface area contributed by atoms with E-state index in [9.17, 15) is 8.78 Å². The van der Waals surface area contributed by atoms with Gasteiger partial charge in [-0.05, 0) is 50.0 Å². The summed E-state index contributed by atoms with van der Waals surface area (Å²) in [5.74, 6) is -1.81. The molecule has 3 rings (SSSR count). The first kappa shape index (κ1) is 14.2. The maximum Gasteiger partial charge on any atom is 0.173 e. The SMILES string of the molecule is NC(c1ccc2ccccc2c1)c1ccc(F)c(F)c1Br. The minimum Gasteiger partial charge on any atom is -0.320 e. The van der Waals surface area contributed by atoms with Gasteiger partial charge in [-0.1, -0.05) is 42.5 Å². The fourth-order valence-electron chi connectivity index (χ4n) is 2.36. The summed E-state index contributed by atoms with van der Waals surface area (Å²) in [6, 6.07) is 15.8. The third-order valence-electron chi connectivity index (χ3n) is 3.53. The minimum absolute atomic E-state index is 0.0724. The molecule has 0 aromatic heterocycles. The number of hydrogen-bond donors (Lipinski definition) is 1. The van der Waals surface area contributed by atoms with Crippen LogP contribution in [0.5, 0.6) is 0 Å². The first-order valence-corrected chi connectivity index (χ1v) is 7.25. The Hall–Kier alpha value is -1.78. The van der Waals surface area contributed by atoms with E-state index < -0.39 is 17.7 Å². The zero-order valence-electron chi connectivity index (χ0n) is 11.0. The van der Waals surface area contributed by atoms with E-state index >= 15 is 0 Å². The number of benzene rings is 3. The highest BCUT2D eigenvalue weighted by Crippen LogP contribution is 2.31. The zero-order valence-corrected chi connectivity index (χ0v) is 12.6. The summed E-state index contributed by atoms with van der Waals surface area (Å²) in [6.07, 6.45) is 0. The third-order valence-corrected chi connectivity index (χ3v) is 4.34. The molecule has 0 saturated heterocycles. The van der Waals surface area contributed by atoms with Gasteiger partial charge in [0, 0.05) is 0 Å². The molecular formula is C17H12BrF2N. The zero-order chi connectivity index (χ0) is 15.0. The lowest BCUT2D eigenvalue weighted by atomic mass is 9.97. The molecule has 4 heteroatoms. The highest BCUT2D eigenvalue weighted by Gasteiger charge is 2.17. The third kappa shape index (κ3) is 2.57. The number of nitrogens with two attached hydrogens (primary N) is 1. The molecule has 0 aliphatic heterocycles. The van der Waals surface area contributed by atoms with Gasteiger partial charge in [-0.2, -0.15) is 0 Å². The van der Waals surface area contributed by atoms with Crippen LogP contribution in [-0.2, 0) is 0 Å². The monoisotopic (exact) mass is 347 g/mol. The van der Waals surface area contributed by atoms with Crippen LogP contribution in [0, 0.1) is 11.6 Å². The average Bonchev–Trinajstić information content (AvgIpc) is 2.52. The van der Waals surface area contributed by atoms with Crippen LogP contribution in [-0.4, -0.2) is 0 Å². The molecule has 0 heterocycles. The van der Waals surface area contributed by atoms with Crippen molar-refractivity contribution in [2.75, 3.05) is 0 Å². The van der Waals surface area contributed by atoms with Crippen LogP contribution in [0.4, 0.5) is 8.78 Å². The van der Waals surface area contributed by atoms with E-state index in [4.69, 9.17) is 5.73 Å². The van der Waals surface area contributed by atoms with E-state index in [0.29, 0.717) is 5.56 Å². The normalized spacial score (nSPS) is 12.6. The van der Waals surface area contributed by atoms with Crippen LogP contribution in [0.2, 0.25) is 0 Å². The molecule has 21 heavy (non-hydrogen) atoms. The molecule has 3 aromatic rings. The molecule has 1 unspecified atom stereocenters. The van der Waals surface area contributed by atoms with Gasteiger partial charge >= 0.3 is 0 Å². The molecular weight excluding hydrogens is 336 g/mol. The molecule has 2 N–H and O–H groups in total. The van der Waals surface area contributed by atoms with Crippen molar-refractivity contribution in [2.24, 2.45) is 5.73 Å². The topological polar surface area (TPSA) is 26.0 Å². The summed E-state index contributed by atoms with van der Waals surface area (Å²) in [5.41, 5.74) is 7.57. The Bertz CT molecular complexity index is 817. The minimum atomic E-state index is -0.913. The quantitative estimate of drug-likeness (QED) is 0.653. The highest BCUT2D eigenvalue weighted by atomic mass is 79.9. The Morgan fingerprint density at radius 2 is 1.62 bits per heavy atom. The van der Waals surface area contributed by atoms with E-state index in [2.05, 4.69) is 15.9 Å². The summed E-state index contributed by atoms with van der Waals surface area (Å²) >= 11 is 3.08. The molecule has 0 aliphatic rings. The van der Waals surface area contributed by atoms with Gasteiger partial charge in [0.1, 0.15) is 0 Å². The van der Waals surface area contributed by atoms with Gasteiger partial charge in [0.2, 0.25) is 0 Å². The average molecular weight is 348 g/mol. The van der Waals surface area contributed by atoms with Crippen molar-refractivity contribution in [1.82, 2.24) is 0 Å². The van der Waals surface area contributed by atoms with Crippen LogP contribution in [0.3, 0.4) is 0 Å². The Kier molecular flexibility index (Phi) is 3.74. The van der Waals surface area contributed by atoms with Crippen molar-refractivity contribution in [1.29, 1.82) is 0 Å². The molecule has 0 radical (unpaired) electrons. The predicted molar refractivity (Wildman–Crippen MR) is 84.0 cm³/mol. The van der Waals surface area contributed by atoms with Crippen LogP contribution < -0.4 is 5.73 Å². The maximum atomic E-state index is 13.6. The number of hydrogen-bond acceptors (Lipinski definition) is 1. The number of rotatable bonds is 2. The fraction of sp³-hybridized carbons (Fsp3) is 0.0588. The van der Waals surface area contributed by atoms with Crippen LogP contribution in [0.25, 0.3) is 10.8 Å². The molecule has 3 aromatic carbocycles. The first-order chi connectivity index (χ1) is 10.1. The van der Waals surface area contributed by atoms with Crippen molar-refractivity contribution in [3.8, 4) is 0 Å². The van der Waals surface area contributed by atoms with Crippen molar-refractivity contribution in [3.05, 3.63) is 81.8 Å². The van der Waals surface area contributed by atoms with E-state index in [-0.39, 0.29) is 4.47 Å². The van der Waals surface area contributed by atoms with Crippen LogP contribution in [0.1, 0.15) is 17.2 Å². The Labute approximate surface area is 129 Å². The number of halogens is 3. The number of fused-ring (bicyclic) bond motifs is 1. The van der Waals surface area contributed by atoms with E-state index in [1.165, 1.54) is 6.07 Å². The standard InChI is InChI=1S/C17H12BrF2N/c18-15-13(7-8-14(19)16(15)20)17(21)12-6-5-10-3-1-2-4-11(10)9-12/h1-9,17H,21H2. The van der Waals surface area contributed by atoms with E-state index in [1.54, 1.807) is 0 Å². The predicted octanol–water partition coefficient (Wildman–Crippen LogP) is 4.93. The lowest BCUT2D eigenvalue weighted by molar-refractivity contribution is 0.501. The molecule has 0 bridgehead atoms. The molecule has 106 valence electrons. The van der Waals surface area contributed by atoms with Gasteiger partial charge < -0.3 is 5.73 Å². The fourth-order valence-corrected chi connectivity index (χ4v) is 2.93. The molecule has 0 fully saturated rings. The molecule has 0 spiro atoms. The first-order valence-electron chi connectivity index (χ1n) is 6.45. The van der Waals surface area contributed by atoms with Crippen molar-refractivity contribution >= 4 is 26.7 Å². The molecule has 0 saturated carbocycles. The summed E-state index contributed by atoms with van der Waals surface area (Å²) < 4.78 is 26.9. The Morgan fingerprint density at radius 1 is 0.905 bits per heavy atom. The van der Waals surface area contributed by atoms with Gasteiger partial charge in [0.05, 0.1) is 10.5 Å². The van der Waals surface area contributed by atoms with Gasteiger partial charge in [0.25, 0.3) is 0 Å². The second-order valence-corrected chi connectivity index (χ2v) is 5.64. The summed E-state index contributed by atoms with van der Waals surface area (Å²) in [6.45, 7) is 0. The lowest BCUT2D eigenvalue weighted by Crippen LogP contribution is -2.13. The summed E-state index contributed by atoms with van der Waals surface area (Å²) in [7, 11) is 0. The molecule has 0 amide bonds. The van der Waals surface area contributed by atoms with Crippen LogP contribution in [0.15, 0.2) is 59.1 Å². The van der Waals surface area contributed by atoms with Crippen molar-refractivity contribution < 1.29 is 8.78 Å². The molecule has 1 atom stereocenters. The Balaban J connectivity index is 2.08. The summed E-state index contributed by atoms with van der Waals surface area (Å²) in [4.78, 5) is 0. The largest absolute Gasteiger partial charge is 0.320 e. The smallest absolute Gasteiger partial charge is 0.173 e. The van der Waals surface area contributed by atoms with Crippen molar-refractivity contribution in [2.45, 2.75) is 6.04 Å². The molecule has 0 aliphatic carbocycles. The van der Waals surface area contributed by atoms with E-state index in [1.807, 2.05) is 42.5 Å². The summed E-state index contributed by atoms with van der Waals surface area (Å²) in [5, 5.41) is 2.17. The van der Waals surface area contributed by atoms with Gasteiger partial charge in [-0.3, -0.25) is 0 Å². The van der Waals surface area contributed by atoms with Crippen molar-refractivity contribution in [3.63, 3.8) is 0 Å². The van der Waals surface area contributed by atoms with Gasteiger partial charge in [-0.15, -0.1) is 0 Å². The second kappa shape index (κ2) is 5.54. The van der Waals surface area contributed by atoms with Gasteiger partial charge in [-0.25, -0.2) is 8.78 Å². The molecule has 1 nitrogen and oxygen atoms in total. The maximum absolute atomic E-state index is 13.6. The van der Waals surface area contributed by atoms with Gasteiger partial charge in [0.15, 0.2) is 11.6 Å². The highest BCUT2D eigenvalue weighted by molar-refractivity contribution is 9.10. The van der Waals surface area contributed by atoms with Crippen LogP contribution >= 0.6 is 15.9 Å². The van der Waals surface area contributed by atoms with E-state index in [0.717, 1.165) is 22.4 Å². The Morgan fingerprint density at radius 3 is 2.38 bits per heavy atom.